The Bertz CT molecular complexity index is 742. The van der Waals surface area contributed by atoms with Gasteiger partial charge in [-0.25, -0.2) is 4.79 Å². The highest BCUT2D eigenvalue weighted by Crippen LogP contribution is 2.22. The second kappa shape index (κ2) is 11.3. The maximum atomic E-state index is 13.1. The number of carboxylic acid groups (broad SMARTS) is 2. The summed E-state index contributed by atoms with van der Waals surface area (Å²) in [5.41, 5.74) is 5.85. The number of aliphatic carboxylic acids is 2. The molecule has 2 aliphatic rings. The lowest BCUT2D eigenvalue weighted by Gasteiger charge is -2.31. The Hall–Kier alpha value is -2.69. The third-order valence-corrected chi connectivity index (χ3v) is 5.97. The highest BCUT2D eigenvalue weighted by Gasteiger charge is 2.41. The van der Waals surface area contributed by atoms with Crippen LogP contribution in [0.25, 0.3) is 0 Å². The SMILES string of the molecule is CC(C)CC(NC(=O)C1CCCN1C(=O)C(N)CCC(=O)O)C(=O)N1CCCC1C(=O)O. The number of nitrogens with zero attached hydrogens (tertiary/aromatic N) is 2. The van der Waals surface area contributed by atoms with E-state index in [4.69, 9.17) is 10.8 Å². The average Bonchev–Trinajstić information content (AvgIpc) is 3.39. The van der Waals surface area contributed by atoms with Gasteiger partial charge in [-0.15, -0.1) is 0 Å². The number of rotatable bonds is 10. The van der Waals surface area contributed by atoms with Crippen LogP contribution in [-0.4, -0.2) is 86.9 Å². The van der Waals surface area contributed by atoms with Crippen molar-refractivity contribution in [3.8, 4) is 0 Å². The number of likely N-dealkylation sites (tertiary alicyclic amines) is 2. The van der Waals surface area contributed by atoms with Gasteiger partial charge in [0.25, 0.3) is 0 Å². The number of amides is 3. The molecule has 0 saturated carbocycles. The molecule has 2 fully saturated rings. The normalized spacial score (nSPS) is 22.6. The molecule has 2 aliphatic heterocycles. The molecule has 0 aromatic heterocycles. The van der Waals surface area contributed by atoms with Gasteiger partial charge in [-0.1, -0.05) is 13.8 Å². The minimum atomic E-state index is -1.06. The summed E-state index contributed by atoms with van der Waals surface area (Å²) < 4.78 is 0. The molecule has 180 valence electrons. The molecule has 4 unspecified atom stereocenters. The van der Waals surface area contributed by atoms with E-state index in [0.717, 1.165) is 0 Å². The van der Waals surface area contributed by atoms with Gasteiger partial charge in [0.05, 0.1) is 6.04 Å². The topological polar surface area (TPSA) is 170 Å². The molecule has 0 bridgehead atoms. The number of carbonyl (C=O) groups is 5. The Kier molecular flexibility index (Phi) is 8.99. The number of nitrogens with two attached hydrogens (primary N) is 1. The quantitative estimate of drug-likeness (QED) is 0.351. The molecule has 0 radical (unpaired) electrons. The molecule has 32 heavy (non-hydrogen) atoms. The van der Waals surface area contributed by atoms with Crippen molar-refractivity contribution in [1.29, 1.82) is 0 Å². The number of carboxylic acids is 2. The molecular formula is C21H34N4O7. The summed E-state index contributed by atoms with van der Waals surface area (Å²) in [5, 5.41) is 20.9. The fourth-order valence-electron chi connectivity index (χ4n) is 4.37. The van der Waals surface area contributed by atoms with Crippen molar-refractivity contribution in [1.82, 2.24) is 15.1 Å². The van der Waals surface area contributed by atoms with Crippen LogP contribution < -0.4 is 11.1 Å². The van der Waals surface area contributed by atoms with Gasteiger partial charge in [0.15, 0.2) is 0 Å². The lowest BCUT2D eigenvalue weighted by molar-refractivity contribution is -0.150. The molecule has 5 N–H and O–H groups in total. The third-order valence-electron chi connectivity index (χ3n) is 5.97. The van der Waals surface area contributed by atoms with Crippen molar-refractivity contribution in [2.75, 3.05) is 13.1 Å². The third kappa shape index (κ3) is 6.41. The Morgan fingerprint density at radius 2 is 1.53 bits per heavy atom. The highest BCUT2D eigenvalue weighted by atomic mass is 16.4. The Morgan fingerprint density at radius 1 is 0.969 bits per heavy atom. The largest absolute Gasteiger partial charge is 0.481 e. The van der Waals surface area contributed by atoms with Gasteiger partial charge in [0.2, 0.25) is 17.7 Å². The van der Waals surface area contributed by atoms with Crippen LogP contribution in [0.5, 0.6) is 0 Å². The van der Waals surface area contributed by atoms with Crippen LogP contribution in [0, 0.1) is 5.92 Å². The smallest absolute Gasteiger partial charge is 0.326 e. The fraction of sp³-hybridized carbons (Fsp3) is 0.762. The summed E-state index contributed by atoms with van der Waals surface area (Å²) in [4.78, 5) is 63.8. The zero-order valence-electron chi connectivity index (χ0n) is 18.7. The van der Waals surface area contributed by atoms with Crippen LogP contribution in [0.2, 0.25) is 0 Å². The summed E-state index contributed by atoms with van der Waals surface area (Å²) in [6.07, 6.45) is 2.03. The summed E-state index contributed by atoms with van der Waals surface area (Å²) >= 11 is 0. The Morgan fingerprint density at radius 3 is 2.06 bits per heavy atom. The molecule has 0 aromatic carbocycles. The summed E-state index contributed by atoms with van der Waals surface area (Å²) in [5.74, 6) is -3.44. The number of hydrogen-bond donors (Lipinski definition) is 4. The molecule has 2 heterocycles. The first-order chi connectivity index (χ1) is 15.0. The van der Waals surface area contributed by atoms with Crippen molar-refractivity contribution in [2.24, 2.45) is 11.7 Å². The van der Waals surface area contributed by atoms with E-state index in [9.17, 15) is 29.1 Å². The van der Waals surface area contributed by atoms with Gasteiger partial charge in [-0.3, -0.25) is 19.2 Å². The van der Waals surface area contributed by atoms with Crippen molar-refractivity contribution in [2.45, 2.75) is 83.0 Å². The second-order valence-corrected chi connectivity index (χ2v) is 8.95. The molecule has 0 aromatic rings. The summed E-state index contributed by atoms with van der Waals surface area (Å²) in [7, 11) is 0. The first-order valence-electron chi connectivity index (χ1n) is 11.1. The summed E-state index contributed by atoms with van der Waals surface area (Å²) in [6, 6.07) is -3.60. The Labute approximate surface area is 187 Å². The Balaban J connectivity index is 2.09. The van der Waals surface area contributed by atoms with E-state index in [-0.39, 0.29) is 18.8 Å². The van der Waals surface area contributed by atoms with E-state index >= 15 is 0 Å². The van der Waals surface area contributed by atoms with Crippen LogP contribution in [-0.2, 0) is 24.0 Å². The molecule has 0 aliphatic carbocycles. The molecule has 0 spiro atoms. The van der Waals surface area contributed by atoms with Crippen molar-refractivity contribution < 1.29 is 34.2 Å². The minimum Gasteiger partial charge on any atom is -0.481 e. The molecule has 2 rings (SSSR count). The first kappa shape index (κ1) is 25.6. The van der Waals surface area contributed by atoms with Crippen molar-refractivity contribution >= 4 is 29.7 Å². The van der Waals surface area contributed by atoms with Gasteiger partial charge < -0.3 is 31.1 Å². The van der Waals surface area contributed by atoms with Gasteiger partial charge in [0, 0.05) is 19.5 Å². The number of hydrogen-bond acceptors (Lipinski definition) is 6. The van der Waals surface area contributed by atoms with E-state index in [2.05, 4.69) is 5.32 Å². The van der Waals surface area contributed by atoms with Crippen LogP contribution in [0.1, 0.15) is 58.8 Å². The van der Waals surface area contributed by atoms with E-state index in [0.29, 0.717) is 45.2 Å². The van der Waals surface area contributed by atoms with Gasteiger partial charge in [-0.2, -0.15) is 0 Å². The van der Waals surface area contributed by atoms with Gasteiger partial charge in [0.1, 0.15) is 18.1 Å². The molecule has 2 saturated heterocycles. The molecule has 3 amide bonds. The maximum Gasteiger partial charge on any atom is 0.326 e. The molecule has 11 nitrogen and oxygen atoms in total. The predicted octanol–water partition coefficient (Wildman–Crippen LogP) is -0.224. The van der Waals surface area contributed by atoms with E-state index in [1.54, 1.807) is 0 Å². The number of carbonyl (C=O) groups excluding carboxylic acids is 3. The second-order valence-electron chi connectivity index (χ2n) is 8.95. The van der Waals surface area contributed by atoms with Crippen LogP contribution in [0.3, 0.4) is 0 Å². The number of nitrogens with one attached hydrogen (secondary N) is 1. The standard InChI is InChI=1S/C21H34N4O7/c1-12(2)11-14(20(30)25-10-4-6-16(25)21(31)32)23-18(28)15-5-3-9-24(15)19(29)13(22)7-8-17(26)27/h12-16H,3-11,22H2,1-2H3,(H,23,28)(H,26,27)(H,31,32). The minimum absolute atomic E-state index is 0.0288. The van der Waals surface area contributed by atoms with Crippen molar-refractivity contribution in [3.63, 3.8) is 0 Å². The van der Waals surface area contributed by atoms with Gasteiger partial charge >= 0.3 is 11.9 Å². The van der Waals surface area contributed by atoms with Crippen LogP contribution in [0.15, 0.2) is 0 Å². The van der Waals surface area contributed by atoms with E-state index in [1.165, 1.54) is 9.80 Å². The fourth-order valence-corrected chi connectivity index (χ4v) is 4.37. The first-order valence-corrected chi connectivity index (χ1v) is 11.1. The zero-order valence-corrected chi connectivity index (χ0v) is 18.7. The van der Waals surface area contributed by atoms with E-state index in [1.807, 2.05) is 13.8 Å². The lowest BCUT2D eigenvalue weighted by Crippen LogP contribution is -2.56. The molecule has 11 heteroatoms. The molecule has 4 atom stereocenters. The lowest BCUT2D eigenvalue weighted by atomic mass is 10.0. The maximum absolute atomic E-state index is 13.1. The summed E-state index contributed by atoms with van der Waals surface area (Å²) in [6.45, 7) is 4.45. The van der Waals surface area contributed by atoms with Gasteiger partial charge in [-0.05, 0) is 44.4 Å². The zero-order chi connectivity index (χ0) is 24.0. The van der Waals surface area contributed by atoms with Crippen LogP contribution >= 0.6 is 0 Å². The van der Waals surface area contributed by atoms with Crippen molar-refractivity contribution in [3.05, 3.63) is 0 Å². The van der Waals surface area contributed by atoms with Crippen LogP contribution in [0.4, 0.5) is 0 Å². The average molecular weight is 455 g/mol. The molecular weight excluding hydrogens is 420 g/mol. The monoisotopic (exact) mass is 454 g/mol. The van der Waals surface area contributed by atoms with E-state index < -0.39 is 53.8 Å². The predicted molar refractivity (Wildman–Crippen MR) is 113 cm³/mol. The highest BCUT2D eigenvalue weighted by molar-refractivity contribution is 5.94.